The van der Waals surface area contributed by atoms with E-state index in [2.05, 4.69) is 0 Å². The Hall–Kier alpha value is -0.630. The van der Waals surface area contributed by atoms with Crippen LogP contribution in [0.2, 0.25) is 0 Å². The van der Waals surface area contributed by atoms with Crippen molar-refractivity contribution < 1.29 is 9.53 Å². The third kappa shape index (κ3) is 4.93. The van der Waals surface area contributed by atoms with Crippen LogP contribution in [0.3, 0.4) is 0 Å². The molecular formula is C16H26O2. The fourth-order valence-corrected chi connectivity index (χ4v) is 3.04. The predicted molar refractivity (Wildman–Crippen MR) is 73.6 cm³/mol. The Morgan fingerprint density at radius 1 is 1.11 bits per heavy atom. The van der Waals surface area contributed by atoms with Gasteiger partial charge in [0.2, 0.25) is 0 Å². The molecule has 0 atom stereocenters. The van der Waals surface area contributed by atoms with Gasteiger partial charge in [0, 0.05) is 19.6 Å². The van der Waals surface area contributed by atoms with Crippen molar-refractivity contribution in [2.75, 3.05) is 13.2 Å². The molecule has 2 heteroatoms. The quantitative estimate of drug-likeness (QED) is 0.688. The number of ketones is 1. The molecular weight excluding hydrogens is 224 g/mol. The fourth-order valence-electron chi connectivity index (χ4n) is 3.04. The third-order valence-corrected chi connectivity index (χ3v) is 4.24. The maximum atomic E-state index is 11.5. The van der Waals surface area contributed by atoms with Crippen molar-refractivity contribution in [2.24, 2.45) is 5.92 Å². The standard InChI is InChI=1S/C16H26O2/c17-16-8-4-3-7-15(13-16)6-2-1-5-14-9-11-18-12-10-14/h13-14H,1-12H2. The lowest BCUT2D eigenvalue weighted by molar-refractivity contribution is -0.114. The number of rotatable bonds is 5. The van der Waals surface area contributed by atoms with Gasteiger partial charge in [0.25, 0.3) is 0 Å². The number of carbonyl (C=O) groups excluding carboxylic acids is 1. The van der Waals surface area contributed by atoms with Crippen LogP contribution in [0.1, 0.15) is 64.2 Å². The summed E-state index contributed by atoms with van der Waals surface area (Å²) in [6, 6.07) is 0. The molecule has 0 spiro atoms. The molecule has 0 N–H and O–H groups in total. The van der Waals surface area contributed by atoms with Gasteiger partial charge in [0.1, 0.15) is 0 Å². The highest BCUT2D eigenvalue weighted by molar-refractivity contribution is 5.90. The molecule has 0 unspecified atom stereocenters. The zero-order valence-electron chi connectivity index (χ0n) is 11.5. The third-order valence-electron chi connectivity index (χ3n) is 4.24. The topological polar surface area (TPSA) is 26.3 Å². The van der Waals surface area contributed by atoms with Crippen LogP contribution in [0.4, 0.5) is 0 Å². The minimum absolute atomic E-state index is 0.354. The molecule has 2 nitrogen and oxygen atoms in total. The van der Waals surface area contributed by atoms with Gasteiger partial charge < -0.3 is 4.74 Å². The normalized spacial score (nSPS) is 22.7. The molecule has 18 heavy (non-hydrogen) atoms. The summed E-state index contributed by atoms with van der Waals surface area (Å²) in [5.74, 6) is 1.25. The number of allylic oxidation sites excluding steroid dienone is 2. The number of hydrogen-bond donors (Lipinski definition) is 0. The van der Waals surface area contributed by atoms with E-state index in [4.69, 9.17) is 4.74 Å². The van der Waals surface area contributed by atoms with Crippen molar-refractivity contribution in [3.8, 4) is 0 Å². The zero-order valence-corrected chi connectivity index (χ0v) is 11.5. The van der Waals surface area contributed by atoms with Crippen LogP contribution >= 0.6 is 0 Å². The Morgan fingerprint density at radius 3 is 2.72 bits per heavy atom. The summed E-state index contributed by atoms with van der Waals surface area (Å²) >= 11 is 0. The number of ether oxygens (including phenoxy) is 1. The fraction of sp³-hybridized carbons (Fsp3) is 0.812. The molecule has 102 valence electrons. The molecule has 1 saturated heterocycles. The number of unbranched alkanes of at least 4 members (excludes halogenated alkanes) is 1. The Bertz CT molecular complexity index is 287. The van der Waals surface area contributed by atoms with Crippen molar-refractivity contribution in [1.82, 2.24) is 0 Å². The van der Waals surface area contributed by atoms with Crippen LogP contribution in [0.15, 0.2) is 11.6 Å². The minimum atomic E-state index is 0.354. The van der Waals surface area contributed by atoms with Crippen LogP contribution in [-0.2, 0) is 9.53 Å². The van der Waals surface area contributed by atoms with E-state index in [0.29, 0.717) is 5.78 Å². The summed E-state index contributed by atoms with van der Waals surface area (Å²) in [5, 5.41) is 0. The summed E-state index contributed by atoms with van der Waals surface area (Å²) in [4.78, 5) is 11.5. The molecule has 0 bridgehead atoms. The monoisotopic (exact) mass is 250 g/mol. The number of hydrogen-bond acceptors (Lipinski definition) is 2. The molecule has 2 rings (SSSR count). The maximum absolute atomic E-state index is 11.5. The van der Waals surface area contributed by atoms with Crippen molar-refractivity contribution in [3.05, 3.63) is 11.6 Å². The Balaban J connectivity index is 1.60. The highest BCUT2D eigenvalue weighted by atomic mass is 16.5. The summed E-state index contributed by atoms with van der Waals surface area (Å²) in [5.41, 5.74) is 1.41. The first-order chi connectivity index (χ1) is 8.84. The van der Waals surface area contributed by atoms with E-state index >= 15 is 0 Å². The van der Waals surface area contributed by atoms with Crippen molar-refractivity contribution in [1.29, 1.82) is 0 Å². The molecule has 1 aliphatic carbocycles. The molecule has 0 aromatic rings. The van der Waals surface area contributed by atoms with E-state index in [0.717, 1.165) is 44.8 Å². The van der Waals surface area contributed by atoms with Gasteiger partial charge in [0.15, 0.2) is 5.78 Å². The van der Waals surface area contributed by atoms with Gasteiger partial charge in [-0.25, -0.2) is 0 Å². The Kier molecular flexibility index (Phi) is 5.92. The van der Waals surface area contributed by atoms with Gasteiger partial charge in [-0.2, -0.15) is 0 Å². The number of carbonyl (C=O) groups is 1. The smallest absolute Gasteiger partial charge is 0.155 e. The van der Waals surface area contributed by atoms with E-state index in [-0.39, 0.29) is 0 Å². The summed E-state index contributed by atoms with van der Waals surface area (Å²) in [7, 11) is 0. The minimum Gasteiger partial charge on any atom is -0.381 e. The average Bonchev–Trinajstić information content (AvgIpc) is 2.60. The predicted octanol–water partition coefficient (Wildman–Crippen LogP) is 4.04. The van der Waals surface area contributed by atoms with E-state index in [1.165, 1.54) is 44.1 Å². The van der Waals surface area contributed by atoms with Gasteiger partial charge in [0.05, 0.1) is 0 Å². The van der Waals surface area contributed by atoms with Gasteiger partial charge >= 0.3 is 0 Å². The molecule has 0 aromatic heterocycles. The molecule has 1 heterocycles. The molecule has 0 amide bonds. The van der Waals surface area contributed by atoms with Gasteiger partial charge in [-0.05, 0) is 56.9 Å². The molecule has 2 aliphatic rings. The van der Waals surface area contributed by atoms with Crippen molar-refractivity contribution >= 4 is 5.78 Å². The summed E-state index contributed by atoms with van der Waals surface area (Å²) in [6.07, 6.45) is 13.7. The highest BCUT2D eigenvalue weighted by Crippen LogP contribution is 2.24. The molecule has 0 saturated carbocycles. The first-order valence-electron chi connectivity index (χ1n) is 7.64. The molecule has 1 aliphatic heterocycles. The molecule has 1 fully saturated rings. The molecule has 0 aromatic carbocycles. The van der Waals surface area contributed by atoms with Crippen LogP contribution in [0.5, 0.6) is 0 Å². The van der Waals surface area contributed by atoms with Crippen LogP contribution in [0, 0.1) is 5.92 Å². The largest absolute Gasteiger partial charge is 0.381 e. The van der Waals surface area contributed by atoms with E-state index in [1.54, 1.807) is 0 Å². The van der Waals surface area contributed by atoms with Crippen LogP contribution in [0.25, 0.3) is 0 Å². The lowest BCUT2D eigenvalue weighted by Gasteiger charge is -2.21. The van der Waals surface area contributed by atoms with E-state index < -0.39 is 0 Å². The average molecular weight is 250 g/mol. The first kappa shape index (κ1) is 13.8. The lowest BCUT2D eigenvalue weighted by Crippen LogP contribution is -2.15. The first-order valence-corrected chi connectivity index (χ1v) is 7.64. The summed E-state index contributed by atoms with van der Waals surface area (Å²) < 4.78 is 5.38. The SMILES string of the molecule is O=C1C=C(CCCCC2CCOCC2)CCCC1. The summed E-state index contributed by atoms with van der Waals surface area (Å²) in [6.45, 7) is 1.93. The van der Waals surface area contributed by atoms with Gasteiger partial charge in [-0.1, -0.05) is 18.4 Å². The second-order valence-electron chi connectivity index (χ2n) is 5.78. The van der Waals surface area contributed by atoms with Crippen LogP contribution < -0.4 is 0 Å². The Labute approximate surface area is 111 Å². The van der Waals surface area contributed by atoms with Crippen molar-refractivity contribution in [2.45, 2.75) is 64.2 Å². The van der Waals surface area contributed by atoms with Gasteiger partial charge in [-0.15, -0.1) is 0 Å². The van der Waals surface area contributed by atoms with Crippen LogP contribution in [-0.4, -0.2) is 19.0 Å². The van der Waals surface area contributed by atoms with E-state index in [9.17, 15) is 4.79 Å². The Morgan fingerprint density at radius 2 is 1.89 bits per heavy atom. The van der Waals surface area contributed by atoms with Crippen molar-refractivity contribution in [3.63, 3.8) is 0 Å². The van der Waals surface area contributed by atoms with E-state index in [1.807, 2.05) is 6.08 Å². The highest BCUT2D eigenvalue weighted by Gasteiger charge is 2.13. The maximum Gasteiger partial charge on any atom is 0.155 e. The lowest BCUT2D eigenvalue weighted by atomic mass is 9.93. The second-order valence-corrected chi connectivity index (χ2v) is 5.78. The zero-order chi connectivity index (χ0) is 12.6. The molecule has 0 radical (unpaired) electrons. The second kappa shape index (κ2) is 7.73. The van der Waals surface area contributed by atoms with Gasteiger partial charge in [-0.3, -0.25) is 4.79 Å².